The second-order valence-electron chi connectivity index (χ2n) is 7.39. The van der Waals surface area contributed by atoms with Gasteiger partial charge in [0.15, 0.2) is 17.5 Å². The number of H-pyrrole nitrogens is 1. The molecule has 1 aliphatic rings. The molecule has 2 heterocycles. The minimum atomic E-state index is -3.89. The molecule has 4 rings (SSSR count). The molecule has 0 spiro atoms. The molecule has 0 aliphatic carbocycles. The molecule has 11 heteroatoms. The summed E-state index contributed by atoms with van der Waals surface area (Å²) in [7, 11) is -3.89. The highest BCUT2D eigenvalue weighted by atomic mass is 32.2. The third-order valence-corrected chi connectivity index (χ3v) is 7.41. The van der Waals surface area contributed by atoms with Crippen LogP contribution in [0.5, 0.6) is 0 Å². The van der Waals surface area contributed by atoms with Gasteiger partial charge in [-0.05, 0) is 37.3 Å². The number of aryl methyl sites for hydroxylation is 1. The quantitative estimate of drug-likeness (QED) is 0.586. The number of benzene rings is 2. The van der Waals surface area contributed by atoms with Crippen molar-refractivity contribution in [1.82, 2.24) is 24.0 Å². The maximum atomic E-state index is 13.5. The van der Waals surface area contributed by atoms with Gasteiger partial charge in [-0.25, -0.2) is 21.9 Å². The molecule has 0 radical (unpaired) electrons. The predicted molar refractivity (Wildman–Crippen MR) is 114 cm³/mol. The van der Waals surface area contributed by atoms with E-state index in [1.54, 1.807) is 4.68 Å². The van der Waals surface area contributed by atoms with Crippen molar-refractivity contribution in [2.24, 2.45) is 0 Å². The fourth-order valence-electron chi connectivity index (χ4n) is 3.39. The van der Waals surface area contributed by atoms with Gasteiger partial charge < -0.3 is 0 Å². The van der Waals surface area contributed by atoms with Gasteiger partial charge in [0.25, 0.3) is 0 Å². The van der Waals surface area contributed by atoms with Crippen LogP contribution in [0, 0.1) is 23.3 Å². The molecule has 164 valence electrons. The van der Waals surface area contributed by atoms with E-state index in [0.29, 0.717) is 36.4 Å². The monoisotopic (exact) mass is 465 g/mol. The molecule has 0 amide bonds. The van der Waals surface area contributed by atoms with Crippen molar-refractivity contribution in [1.29, 1.82) is 0 Å². The second-order valence-corrected chi connectivity index (χ2v) is 9.69. The van der Waals surface area contributed by atoms with Gasteiger partial charge in [0.05, 0.1) is 11.6 Å². The number of halogens is 2. The zero-order valence-electron chi connectivity index (χ0n) is 16.8. The average Bonchev–Trinajstić information content (AvgIpc) is 3.11. The lowest BCUT2D eigenvalue weighted by molar-refractivity contribution is 0.145. The Bertz CT molecular complexity index is 1250. The van der Waals surface area contributed by atoms with Gasteiger partial charge in [-0.3, -0.25) is 10.00 Å². The summed E-state index contributed by atoms with van der Waals surface area (Å²) in [6.07, 6.45) is 0. The first kappa shape index (κ1) is 21.8. The summed E-state index contributed by atoms with van der Waals surface area (Å²) < 4.78 is 55.5. The van der Waals surface area contributed by atoms with Crippen LogP contribution in [0.15, 0.2) is 47.4 Å². The highest BCUT2D eigenvalue weighted by Crippen LogP contribution is 2.20. The Morgan fingerprint density at radius 3 is 2.35 bits per heavy atom. The fourth-order valence-corrected chi connectivity index (χ4v) is 5.02. The first-order valence-corrected chi connectivity index (χ1v) is 11.5. The van der Waals surface area contributed by atoms with Crippen LogP contribution in [-0.4, -0.2) is 58.6 Å². The van der Waals surface area contributed by atoms with Crippen molar-refractivity contribution in [2.45, 2.75) is 18.5 Å². The average molecular weight is 466 g/mol. The van der Waals surface area contributed by atoms with E-state index < -0.39 is 21.7 Å². The van der Waals surface area contributed by atoms with Gasteiger partial charge in [-0.2, -0.15) is 9.29 Å². The van der Waals surface area contributed by atoms with Gasteiger partial charge in [0.2, 0.25) is 14.8 Å². The molecule has 1 fully saturated rings. The molecule has 31 heavy (non-hydrogen) atoms. The van der Waals surface area contributed by atoms with Crippen LogP contribution in [0.3, 0.4) is 0 Å². The van der Waals surface area contributed by atoms with Crippen molar-refractivity contribution in [3.8, 4) is 11.4 Å². The Kier molecular flexibility index (Phi) is 6.02. The highest BCUT2D eigenvalue weighted by molar-refractivity contribution is 7.89. The van der Waals surface area contributed by atoms with Crippen LogP contribution < -0.4 is 0 Å². The Morgan fingerprint density at radius 1 is 1.03 bits per heavy atom. The normalized spacial score (nSPS) is 16.0. The minimum absolute atomic E-state index is 0.230. The van der Waals surface area contributed by atoms with Gasteiger partial charge in [0, 0.05) is 31.7 Å². The topological polar surface area (TPSA) is 74.2 Å². The SMILES string of the molecule is Cc1ccc(-c2nc(=S)n(CN3CCN(S(=O)(=O)c4ccc(F)c(F)c4)CC3)[nH]2)cc1. The first-order valence-electron chi connectivity index (χ1n) is 9.65. The molecule has 0 unspecified atom stereocenters. The number of rotatable bonds is 5. The summed E-state index contributed by atoms with van der Waals surface area (Å²) in [6.45, 7) is 3.84. The van der Waals surface area contributed by atoms with Gasteiger partial charge >= 0.3 is 0 Å². The molecule has 0 bridgehead atoms. The van der Waals surface area contributed by atoms with E-state index in [0.717, 1.165) is 23.3 Å². The second kappa shape index (κ2) is 8.58. The smallest absolute Gasteiger partial charge is 0.243 e. The zero-order chi connectivity index (χ0) is 22.2. The van der Waals surface area contributed by atoms with Gasteiger partial charge in [-0.15, -0.1) is 0 Å². The summed E-state index contributed by atoms with van der Waals surface area (Å²) in [5.41, 5.74) is 2.08. The lowest BCUT2D eigenvalue weighted by Gasteiger charge is -2.33. The van der Waals surface area contributed by atoms with Crippen molar-refractivity contribution in [2.75, 3.05) is 26.2 Å². The summed E-state index contributed by atoms with van der Waals surface area (Å²) in [5, 5.41) is 3.19. The lowest BCUT2D eigenvalue weighted by Crippen LogP contribution is -2.48. The van der Waals surface area contributed by atoms with Crippen molar-refractivity contribution < 1.29 is 17.2 Å². The van der Waals surface area contributed by atoms with E-state index in [9.17, 15) is 17.2 Å². The molecule has 0 saturated carbocycles. The molecule has 1 saturated heterocycles. The van der Waals surface area contributed by atoms with Gasteiger partial charge in [-0.1, -0.05) is 29.8 Å². The van der Waals surface area contributed by atoms with E-state index in [1.165, 1.54) is 4.31 Å². The van der Waals surface area contributed by atoms with E-state index >= 15 is 0 Å². The Hall–Kier alpha value is -2.47. The third-order valence-electron chi connectivity index (χ3n) is 5.21. The number of nitrogens with zero attached hydrogens (tertiary/aromatic N) is 4. The van der Waals surface area contributed by atoms with Crippen LogP contribution in [0.2, 0.25) is 0 Å². The summed E-state index contributed by atoms with van der Waals surface area (Å²) >= 11 is 5.36. The van der Waals surface area contributed by atoms with E-state index in [4.69, 9.17) is 12.2 Å². The van der Waals surface area contributed by atoms with Crippen LogP contribution in [0.4, 0.5) is 8.78 Å². The summed E-state index contributed by atoms with van der Waals surface area (Å²) in [6, 6.07) is 10.6. The molecular formula is C20H21F2N5O2S2. The molecule has 3 aromatic rings. The van der Waals surface area contributed by atoms with E-state index in [1.807, 2.05) is 36.1 Å². The molecule has 7 nitrogen and oxygen atoms in total. The van der Waals surface area contributed by atoms with Crippen LogP contribution >= 0.6 is 12.2 Å². The van der Waals surface area contributed by atoms with Crippen molar-refractivity contribution >= 4 is 22.2 Å². The number of piperazine rings is 1. The maximum absolute atomic E-state index is 13.5. The lowest BCUT2D eigenvalue weighted by atomic mass is 10.1. The molecule has 1 aliphatic heterocycles. The fraction of sp³-hybridized carbons (Fsp3) is 0.300. The molecule has 0 atom stereocenters. The largest absolute Gasteiger partial charge is 0.282 e. The minimum Gasteiger partial charge on any atom is -0.282 e. The standard InChI is InChI=1S/C20H21F2N5O2S2/c1-14-2-4-15(5-3-14)19-23-20(30)27(24-19)13-25-8-10-26(11-9-25)31(28,29)16-6-7-17(21)18(22)12-16/h2-7,12H,8-11,13H2,1H3,(H,23,24,30). The van der Waals surface area contributed by atoms with Crippen LogP contribution in [-0.2, 0) is 16.7 Å². The number of nitrogens with one attached hydrogen (secondary N) is 1. The van der Waals surface area contributed by atoms with Crippen molar-refractivity contribution in [3.63, 3.8) is 0 Å². The number of hydrogen-bond donors (Lipinski definition) is 1. The number of hydrogen-bond acceptors (Lipinski definition) is 5. The Labute approximate surface area is 184 Å². The number of sulfonamides is 1. The van der Waals surface area contributed by atoms with Crippen LogP contribution in [0.1, 0.15) is 5.56 Å². The molecule has 1 N–H and O–H groups in total. The van der Waals surface area contributed by atoms with Gasteiger partial charge in [0.1, 0.15) is 0 Å². The number of aromatic amines is 1. The highest BCUT2D eigenvalue weighted by Gasteiger charge is 2.29. The Balaban J connectivity index is 1.42. The summed E-state index contributed by atoms with van der Waals surface area (Å²) in [4.78, 5) is 6.20. The maximum Gasteiger partial charge on any atom is 0.243 e. The first-order chi connectivity index (χ1) is 14.7. The summed E-state index contributed by atoms with van der Waals surface area (Å²) in [5.74, 6) is -1.59. The van der Waals surface area contributed by atoms with E-state index in [2.05, 4.69) is 10.1 Å². The molecule has 2 aromatic carbocycles. The predicted octanol–water partition coefficient (Wildman–Crippen LogP) is 3.16. The number of aromatic nitrogens is 3. The van der Waals surface area contributed by atoms with E-state index in [-0.39, 0.29) is 18.0 Å². The molecular weight excluding hydrogens is 444 g/mol. The molecule has 1 aromatic heterocycles. The Morgan fingerprint density at radius 2 is 1.71 bits per heavy atom. The zero-order valence-corrected chi connectivity index (χ0v) is 18.4. The van der Waals surface area contributed by atoms with Crippen molar-refractivity contribution in [3.05, 3.63) is 64.4 Å². The third kappa shape index (κ3) is 4.59. The van der Waals surface area contributed by atoms with Crippen LogP contribution in [0.25, 0.3) is 11.4 Å².